The number of rotatable bonds is 1. The van der Waals surface area contributed by atoms with Crippen LogP contribution in [0.2, 0.25) is 5.28 Å². The number of pyridine rings is 1. The minimum absolute atomic E-state index is 0.249. The molecule has 0 bridgehead atoms. The van der Waals surface area contributed by atoms with E-state index < -0.39 is 0 Å². The largest absolute Gasteiger partial charge is 0.244 e. The molecule has 0 unspecified atom stereocenters. The van der Waals surface area contributed by atoms with Crippen molar-refractivity contribution in [1.29, 1.82) is 0 Å². The van der Waals surface area contributed by atoms with Gasteiger partial charge in [0, 0.05) is 9.13 Å². The van der Waals surface area contributed by atoms with E-state index in [2.05, 4.69) is 49.7 Å². The molecule has 0 fully saturated rings. The highest BCUT2D eigenvalue weighted by Gasteiger charge is 2.07. The highest BCUT2D eigenvalue weighted by Crippen LogP contribution is 2.24. The quantitative estimate of drug-likeness (QED) is 0.467. The van der Waals surface area contributed by atoms with Gasteiger partial charge < -0.3 is 0 Å². The predicted molar refractivity (Wildman–Crippen MR) is 85.2 cm³/mol. The first kappa shape index (κ1) is 12.7. The summed E-state index contributed by atoms with van der Waals surface area (Å²) in [5.41, 5.74) is 4.62. The molecule has 3 rings (SSSR count). The monoisotopic (exact) mass is 381 g/mol. The first-order valence-electron chi connectivity index (χ1n) is 5.69. The Morgan fingerprint density at radius 3 is 2.79 bits per heavy atom. The summed E-state index contributed by atoms with van der Waals surface area (Å²) in [7, 11) is 0. The molecule has 0 radical (unpaired) electrons. The Balaban J connectivity index is 2.24. The molecule has 0 N–H and O–H groups in total. The molecule has 0 aliphatic carbocycles. The lowest BCUT2D eigenvalue weighted by Crippen LogP contribution is -1.93. The minimum Gasteiger partial charge on any atom is -0.244 e. The number of benzene rings is 1. The molecular formula is C14H9ClIN3. The van der Waals surface area contributed by atoms with Crippen molar-refractivity contribution in [3.63, 3.8) is 0 Å². The fourth-order valence-corrected chi connectivity index (χ4v) is 2.63. The maximum absolute atomic E-state index is 5.82. The summed E-state index contributed by atoms with van der Waals surface area (Å²) in [6.07, 6.45) is 1.66. The zero-order chi connectivity index (χ0) is 13.4. The maximum Gasteiger partial charge on any atom is 0.223 e. The first-order chi connectivity index (χ1) is 9.13. The normalized spacial score (nSPS) is 10.9. The number of fused-ring (bicyclic) bond motifs is 1. The molecule has 3 nitrogen and oxygen atoms in total. The molecule has 0 aliphatic heterocycles. The van der Waals surface area contributed by atoms with Gasteiger partial charge in [0.15, 0.2) is 0 Å². The Morgan fingerprint density at radius 2 is 2.00 bits per heavy atom. The van der Waals surface area contributed by atoms with Gasteiger partial charge in [-0.2, -0.15) is 0 Å². The van der Waals surface area contributed by atoms with Gasteiger partial charge in [-0.1, -0.05) is 12.1 Å². The SMILES string of the molecule is Cc1cc(-c2cccc(I)c2)nc2cnc(Cl)nc12. The van der Waals surface area contributed by atoms with E-state index in [1.165, 1.54) is 3.57 Å². The summed E-state index contributed by atoms with van der Waals surface area (Å²) in [6, 6.07) is 10.3. The molecule has 1 aromatic carbocycles. The molecule has 19 heavy (non-hydrogen) atoms. The van der Waals surface area contributed by atoms with Gasteiger partial charge >= 0.3 is 0 Å². The third-order valence-electron chi connectivity index (χ3n) is 2.83. The lowest BCUT2D eigenvalue weighted by atomic mass is 10.1. The lowest BCUT2D eigenvalue weighted by Gasteiger charge is -2.06. The van der Waals surface area contributed by atoms with Crippen LogP contribution >= 0.6 is 34.2 Å². The van der Waals surface area contributed by atoms with E-state index >= 15 is 0 Å². The van der Waals surface area contributed by atoms with Crippen LogP contribution in [0.25, 0.3) is 22.3 Å². The zero-order valence-corrected chi connectivity index (χ0v) is 13.0. The summed E-state index contributed by atoms with van der Waals surface area (Å²) < 4.78 is 1.18. The van der Waals surface area contributed by atoms with Crippen molar-refractivity contribution in [3.05, 3.63) is 50.9 Å². The number of aryl methyl sites for hydroxylation is 1. The summed E-state index contributed by atoms with van der Waals surface area (Å²) >= 11 is 8.11. The van der Waals surface area contributed by atoms with Gasteiger partial charge in [-0.05, 0) is 64.9 Å². The third-order valence-corrected chi connectivity index (χ3v) is 3.68. The topological polar surface area (TPSA) is 38.7 Å². The van der Waals surface area contributed by atoms with Crippen LogP contribution in [0.1, 0.15) is 5.56 Å². The molecule has 3 aromatic rings. The molecule has 0 saturated heterocycles. The van der Waals surface area contributed by atoms with Crippen molar-refractivity contribution < 1.29 is 0 Å². The van der Waals surface area contributed by atoms with Crippen LogP contribution in [0.3, 0.4) is 0 Å². The second kappa shape index (κ2) is 5.02. The van der Waals surface area contributed by atoms with Crippen LogP contribution in [-0.4, -0.2) is 15.0 Å². The Labute approximate surface area is 129 Å². The van der Waals surface area contributed by atoms with Crippen LogP contribution in [-0.2, 0) is 0 Å². The van der Waals surface area contributed by atoms with E-state index in [4.69, 9.17) is 11.6 Å². The number of halogens is 2. The molecule has 2 heterocycles. The summed E-state index contributed by atoms with van der Waals surface area (Å²) in [5.74, 6) is 0. The van der Waals surface area contributed by atoms with Crippen molar-refractivity contribution in [2.24, 2.45) is 0 Å². The molecular weight excluding hydrogens is 373 g/mol. The fourth-order valence-electron chi connectivity index (χ4n) is 1.96. The van der Waals surface area contributed by atoms with Gasteiger partial charge in [-0.3, -0.25) is 0 Å². The third kappa shape index (κ3) is 2.55. The van der Waals surface area contributed by atoms with Crippen molar-refractivity contribution in [2.75, 3.05) is 0 Å². The summed E-state index contributed by atoms with van der Waals surface area (Å²) in [6.45, 7) is 2.00. The highest BCUT2D eigenvalue weighted by molar-refractivity contribution is 14.1. The second-order valence-corrected chi connectivity index (χ2v) is 5.79. The molecule has 2 aromatic heterocycles. The average Bonchev–Trinajstić information content (AvgIpc) is 2.39. The lowest BCUT2D eigenvalue weighted by molar-refractivity contribution is 1.18. The number of nitrogens with zero attached hydrogens (tertiary/aromatic N) is 3. The van der Waals surface area contributed by atoms with Crippen molar-refractivity contribution in [1.82, 2.24) is 15.0 Å². The van der Waals surface area contributed by atoms with Gasteiger partial charge in [0.2, 0.25) is 5.28 Å². The first-order valence-corrected chi connectivity index (χ1v) is 7.15. The summed E-state index contributed by atoms with van der Waals surface area (Å²) in [4.78, 5) is 12.8. The van der Waals surface area contributed by atoms with Crippen LogP contribution in [0.15, 0.2) is 36.5 Å². The van der Waals surface area contributed by atoms with Crippen LogP contribution < -0.4 is 0 Å². The number of hydrogen-bond acceptors (Lipinski definition) is 3. The predicted octanol–water partition coefficient (Wildman–Crippen LogP) is 4.26. The van der Waals surface area contributed by atoms with Crippen molar-refractivity contribution >= 4 is 45.2 Å². The highest BCUT2D eigenvalue weighted by atomic mass is 127. The van der Waals surface area contributed by atoms with Gasteiger partial charge in [0.1, 0.15) is 5.52 Å². The Kier molecular flexibility index (Phi) is 3.36. The van der Waals surface area contributed by atoms with E-state index in [0.29, 0.717) is 0 Å². The molecule has 0 atom stereocenters. The van der Waals surface area contributed by atoms with Gasteiger partial charge in [0.05, 0.1) is 17.4 Å². The Morgan fingerprint density at radius 1 is 1.16 bits per heavy atom. The second-order valence-electron chi connectivity index (χ2n) is 4.21. The fraction of sp³-hybridized carbons (Fsp3) is 0.0714. The Hall–Kier alpha value is -1.27. The van der Waals surface area contributed by atoms with Gasteiger partial charge in [0.25, 0.3) is 0 Å². The van der Waals surface area contributed by atoms with E-state index in [1.54, 1.807) is 6.20 Å². The van der Waals surface area contributed by atoms with E-state index in [9.17, 15) is 0 Å². The smallest absolute Gasteiger partial charge is 0.223 e. The standard InChI is InChI=1S/C14H9ClIN3/c1-8-5-11(9-3-2-4-10(16)6-9)18-12-7-17-14(15)19-13(8)12/h2-7H,1H3. The number of hydrogen-bond donors (Lipinski definition) is 0. The van der Waals surface area contributed by atoms with Crippen LogP contribution in [0, 0.1) is 10.5 Å². The van der Waals surface area contributed by atoms with Gasteiger partial charge in [-0.15, -0.1) is 0 Å². The van der Waals surface area contributed by atoms with Gasteiger partial charge in [-0.25, -0.2) is 15.0 Å². The van der Waals surface area contributed by atoms with E-state index in [0.717, 1.165) is 27.9 Å². The van der Waals surface area contributed by atoms with Crippen molar-refractivity contribution in [3.8, 4) is 11.3 Å². The number of aromatic nitrogens is 3. The van der Waals surface area contributed by atoms with Crippen LogP contribution in [0.4, 0.5) is 0 Å². The van der Waals surface area contributed by atoms with E-state index in [-0.39, 0.29) is 5.28 Å². The molecule has 0 spiro atoms. The van der Waals surface area contributed by atoms with E-state index in [1.807, 2.05) is 25.1 Å². The Bertz CT molecular complexity index is 774. The molecule has 94 valence electrons. The van der Waals surface area contributed by atoms with Crippen LogP contribution in [0.5, 0.6) is 0 Å². The summed E-state index contributed by atoms with van der Waals surface area (Å²) in [5, 5.41) is 0.249. The zero-order valence-electron chi connectivity index (χ0n) is 10.1. The minimum atomic E-state index is 0.249. The average molecular weight is 382 g/mol. The maximum atomic E-state index is 5.82. The molecule has 0 amide bonds. The molecule has 5 heteroatoms. The molecule has 0 saturated carbocycles. The van der Waals surface area contributed by atoms with Crippen molar-refractivity contribution in [2.45, 2.75) is 6.92 Å². The molecule has 0 aliphatic rings.